The van der Waals surface area contributed by atoms with Crippen molar-refractivity contribution in [2.45, 2.75) is 83.5 Å². The fraction of sp³-hybridized carbons (Fsp3) is 0.542. The van der Waals surface area contributed by atoms with Crippen molar-refractivity contribution >= 4 is 16.7 Å². The summed E-state index contributed by atoms with van der Waals surface area (Å²) in [7, 11) is 0. The average molecular weight is 370 g/mol. The lowest BCUT2D eigenvalue weighted by atomic mass is 10.00. The van der Waals surface area contributed by atoms with Gasteiger partial charge in [-0.1, -0.05) is 82.1 Å². The Bertz CT molecular complexity index is 696. The van der Waals surface area contributed by atoms with Crippen molar-refractivity contribution in [3.63, 3.8) is 0 Å². The van der Waals surface area contributed by atoms with Crippen molar-refractivity contribution in [1.82, 2.24) is 0 Å². The van der Waals surface area contributed by atoms with E-state index in [-0.39, 0.29) is 5.91 Å². The first kappa shape index (κ1) is 21.3. The molecule has 2 rings (SSSR count). The third-order valence-electron chi connectivity index (χ3n) is 5.32. The molecular formula is C24H35NO2. The van der Waals surface area contributed by atoms with Crippen LogP contribution in [0.4, 0.5) is 0 Å². The number of primary amides is 1. The molecule has 0 aliphatic heterocycles. The molecule has 0 radical (unpaired) electrons. The van der Waals surface area contributed by atoms with Crippen LogP contribution < -0.4 is 5.73 Å². The van der Waals surface area contributed by atoms with Crippen molar-refractivity contribution in [3.8, 4) is 5.75 Å². The van der Waals surface area contributed by atoms with E-state index < -0.39 is 0 Å². The van der Waals surface area contributed by atoms with E-state index in [1.165, 1.54) is 56.8 Å². The maximum Gasteiger partial charge on any atom is 0.217 e. The molecule has 3 nitrogen and oxygen atoms in total. The van der Waals surface area contributed by atoms with Gasteiger partial charge in [0.05, 0.1) is 0 Å². The van der Waals surface area contributed by atoms with Crippen molar-refractivity contribution in [3.05, 3.63) is 42.0 Å². The van der Waals surface area contributed by atoms with Crippen LogP contribution in [0, 0.1) is 0 Å². The normalized spacial score (nSPS) is 11.1. The zero-order chi connectivity index (χ0) is 19.3. The molecule has 0 fully saturated rings. The van der Waals surface area contributed by atoms with E-state index in [4.69, 9.17) is 5.73 Å². The third-order valence-corrected chi connectivity index (χ3v) is 5.32. The number of aromatic hydroxyl groups is 1. The van der Waals surface area contributed by atoms with Crippen molar-refractivity contribution < 1.29 is 9.90 Å². The summed E-state index contributed by atoms with van der Waals surface area (Å²) in [5.74, 6) is 0.260. The minimum absolute atomic E-state index is 0.175. The van der Waals surface area contributed by atoms with E-state index in [1.807, 2.05) is 24.3 Å². The minimum Gasteiger partial charge on any atom is -0.508 e. The largest absolute Gasteiger partial charge is 0.508 e. The fourth-order valence-electron chi connectivity index (χ4n) is 3.68. The van der Waals surface area contributed by atoms with Crippen LogP contribution in [0.5, 0.6) is 5.75 Å². The minimum atomic E-state index is -0.175. The molecule has 0 saturated carbocycles. The first-order valence-corrected chi connectivity index (χ1v) is 10.7. The quantitative estimate of drug-likeness (QED) is 0.386. The number of carbonyl (C=O) groups excluding carboxylic acids is 1. The van der Waals surface area contributed by atoms with Crippen LogP contribution >= 0.6 is 0 Å². The van der Waals surface area contributed by atoms with Gasteiger partial charge in [0.1, 0.15) is 5.75 Å². The Balaban J connectivity index is 1.47. The fourth-order valence-corrected chi connectivity index (χ4v) is 3.68. The lowest BCUT2D eigenvalue weighted by Crippen LogP contribution is -2.09. The molecule has 2 aromatic rings. The van der Waals surface area contributed by atoms with Crippen LogP contribution in [0.2, 0.25) is 0 Å². The molecule has 0 spiro atoms. The van der Waals surface area contributed by atoms with Gasteiger partial charge >= 0.3 is 0 Å². The van der Waals surface area contributed by atoms with Gasteiger partial charge in [0, 0.05) is 6.42 Å². The molecule has 1 amide bonds. The smallest absolute Gasteiger partial charge is 0.217 e. The average Bonchev–Trinajstić information content (AvgIpc) is 2.65. The van der Waals surface area contributed by atoms with Crippen LogP contribution in [0.3, 0.4) is 0 Å². The number of benzene rings is 2. The number of amides is 1. The monoisotopic (exact) mass is 369 g/mol. The van der Waals surface area contributed by atoms with Crippen molar-refractivity contribution in [2.75, 3.05) is 0 Å². The van der Waals surface area contributed by atoms with Crippen molar-refractivity contribution in [2.24, 2.45) is 5.73 Å². The standard InChI is InChI=1S/C24H35NO2/c25-24(27)17-11-9-7-5-3-1-2-4-6-8-10-16-22-18-20-14-12-13-15-21(20)19-23(22)26/h12-15,18-19,26H,1-11,16-17H2,(H2,25,27). The van der Waals surface area contributed by atoms with E-state index in [0.29, 0.717) is 12.2 Å². The Hall–Kier alpha value is -2.03. The highest BCUT2D eigenvalue weighted by atomic mass is 16.3. The number of phenolic OH excluding ortho intramolecular Hbond substituents is 1. The van der Waals surface area contributed by atoms with Gasteiger partial charge in [-0.3, -0.25) is 4.79 Å². The van der Waals surface area contributed by atoms with Crippen LogP contribution in [-0.2, 0) is 11.2 Å². The lowest BCUT2D eigenvalue weighted by molar-refractivity contribution is -0.118. The van der Waals surface area contributed by atoms with E-state index in [1.54, 1.807) is 0 Å². The summed E-state index contributed by atoms with van der Waals surface area (Å²) >= 11 is 0. The summed E-state index contributed by atoms with van der Waals surface area (Å²) in [6.07, 6.45) is 15.0. The van der Waals surface area contributed by atoms with E-state index in [9.17, 15) is 9.90 Å². The Morgan fingerprint density at radius 2 is 1.22 bits per heavy atom. The van der Waals surface area contributed by atoms with Gasteiger partial charge in [0.25, 0.3) is 0 Å². The van der Waals surface area contributed by atoms with Crippen molar-refractivity contribution in [1.29, 1.82) is 0 Å². The maximum atomic E-state index is 10.6. The number of unbranched alkanes of at least 4 members (excludes halogenated alkanes) is 10. The van der Waals surface area contributed by atoms with E-state index in [2.05, 4.69) is 12.1 Å². The maximum absolute atomic E-state index is 10.6. The second-order valence-electron chi connectivity index (χ2n) is 7.68. The number of aryl methyl sites for hydroxylation is 1. The van der Waals surface area contributed by atoms with Gasteiger partial charge in [0.2, 0.25) is 5.91 Å². The topological polar surface area (TPSA) is 63.3 Å². The molecule has 0 aliphatic carbocycles. The molecule has 3 heteroatoms. The third kappa shape index (κ3) is 8.47. The molecule has 3 N–H and O–H groups in total. The first-order valence-electron chi connectivity index (χ1n) is 10.7. The highest BCUT2D eigenvalue weighted by Gasteiger charge is 2.04. The Labute approximate surface area is 164 Å². The summed E-state index contributed by atoms with van der Waals surface area (Å²) < 4.78 is 0. The number of hydrogen-bond donors (Lipinski definition) is 2. The van der Waals surface area contributed by atoms with Crippen LogP contribution in [0.25, 0.3) is 10.8 Å². The number of nitrogens with two attached hydrogens (primary N) is 1. The predicted octanol–water partition coefficient (Wildman–Crippen LogP) is 6.25. The van der Waals surface area contributed by atoms with Crippen LogP contribution in [0.15, 0.2) is 36.4 Å². The lowest BCUT2D eigenvalue weighted by Gasteiger charge is -2.07. The number of fused-ring (bicyclic) bond motifs is 1. The van der Waals surface area contributed by atoms with E-state index >= 15 is 0 Å². The molecule has 0 heterocycles. The summed E-state index contributed by atoms with van der Waals surface area (Å²) in [5.41, 5.74) is 6.21. The highest BCUT2D eigenvalue weighted by Crippen LogP contribution is 2.26. The molecule has 0 unspecified atom stereocenters. The molecule has 0 aromatic heterocycles. The number of rotatable bonds is 14. The SMILES string of the molecule is NC(=O)CCCCCCCCCCCCCc1cc2ccccc2cc1O. The molecule has 0 atom stereocenters. The summed E-state index contributed by atoms with van der Waals surface area (Å²) in [5, 5.41) is 12.5. The Morgan fingerprint density at radius 1 is 0.741 bits per heavy atom. The summed E-state index contributed by atoms with van der Waals surface area (Å²) in [6, 6.07) is 12.2. The van der Waals surface area contributed by atoms with Gasteiger partial charge in [-0.2, -0.15) is 0 Å². The Morgan fingerprint density at radius 3 is 1.78 bits per heavy atom. The van der Waals surface area contributed by atoms with Gasteiger partial charge in [-0.15, -0.1) is 0 Å². The summed E-state index contributed by atoms with van der Waals surface area (Å²) in [4.78, 5) is 10.6. The van der Waals surface area contributed by atoms with Gasteiger partial charge in [-0.05, 0) is 47.7 Å². The summed E-state index contributed by atoms with van der Waals surface area (Å²) in [6.45, 7) is 0. The second kappa shape index (κ2) is 12.4. The molecule has 0 saturated heterocycles. The second-order valence-corrected chi connectivity index (χ2v) is 7.68. The molecule has 0 bridgehead atoms. The zero-order valence-corrected chi connectivity index (χ0v) is 16.6. The Kier molecular flexibility index (Phi) is 9.75. The van der Waals surface area contributed by atoms with Crippen LogP contribution in [-0.4, -0.2) is 11.0 Å². The van der Waals surface area contributed by atoms with E-state index in [0.717, 1.165) is 36.6 Å². The molecular weight excluding hydrogens is 334 g/mol. The molecule has 148 valence electrons. The molecule has 2 aromatic carbocycles. The van der Waals surface area contributed by atoms with Gasteiger partial charge < -0.3 is 10.8 Å². The number of phenols is 1. The first-order chi connectivity index (χ1) is 13.2. The number of carbonyl (C=O) groups is 1. The van der Waals surface area contributed by atoms with Gasteiger partial charge in [0.15, 0.2) is 0 Å². The van der Waals surface area contributed by atoms with Gasteiger partial charge in [-0.25, -0.2) is 0 Å². The molecule has 27 heavy (non-hydrogen) atoms. The van der Waals surface area contributed by atoms with Crippen LogP contribution in [0.1, 0.15) is 82.6 Å². The molecule has 0 aliphatic rings. The number of hydrogen-bond acceptors (Lipinski definition) is 2. The predicted molar refractivity (Wildman–Crippen MR) is 114 cm³/mol. The highest BCUT2D eigenvalue weighted by molar-refractivity contribution is 5.84. The zero-order valence-electron chi connectivity index (χ0n) is 16.6.